The number of ketones is 1. The minimum atomic E-state index is -1.91. The Bertz CT molecular complexity index is 1910. The van der Waals surface area contributed by atoms with Crippen LogP contribution in [-0.2, 0) is 61.8 Å². The Morgan fingerprint density at radius 1 is 0.794 bits per heavy atom. The third kappa shape index (κ3) is 8.84. The van der Waals surface area contributed by atoms with Crippen LogP contribution in [0.1, 0.15) is 100 Å². The lowest BCUT2D eigenvalue weighted by Gasteiger charge is -2.68. The summed E-state index contributed by atoms with van der Waals surface area (Å²) in [5.41, 5.74) is -4.98. The molecule has 3 aliphatic heterocycles. The maximum atomic E-state index is 13.6. The van der Waals surface area contributed by atoms with Gasteiger partial charge >= 0.3 is 11.9 Å². The van der Waals surface area contributed by atoms with Crippen molar-refractivity contribution < 1.29 is 97.5 Å². The Morgan fingerprint density at radius 2 is 1.46 bits per heavy atom. The molecule has 386 valence electrons. The van der Waals surface area contributed by atoms with E-state index in [2.05, 4.69) is 0 Å². The predicted octanol–water partition coefficient (Wildman–Crippen LogP) is 0.640. The van der Waals surface area contributed by atoms with Crippen LogP contribution in [0.25, 0.3) is 0 Å². The lowest BCUT2D eigenvalue weighted by molar-refractivity contribution is -0.371. The molecule has 4 aliphatic carbocycles. The molecule has 3 saturated carbocycles. The Labute approximate surface area is 397 Å². The van der Waals surface area contributed by atoms with Gasteiger partial charge in [0.25, 0.3) is 0 Å². The highest BCUT2D eigenvalue weighted by Crippen LogP contribution is 2.70. The van der Waals surface area contributed by atoms with Crippen molar-refractivity contribution in [2.75, 3.05) is 20.8 Å². The first kappa shape index (κ1) is 53.3. The Hall–Kier alpha value is -2.51. The van der Waals surface area contributed by atoms with Gasteiger partial charge in [0.2, 0.25) is 0 Å². The highest BCUT2D eigenvalue weighted by atomic mass is 16.8. The summed E-state index contributed by atoms with van der Waals surface area (Å²) in [6.45, 7) is 12.4. The van der Waals surface area contributed by atoms with Gasteiger partial charge in [0.1, 0.15) is 78.0 Å². The van der Waals surface area contributed by atoms with Crippen molar-refractivity contribution in [3.05, 3.63) is 23.3 Å². The molecular weight excluding hydrogens is 897 g/mol. The second-order valence-electron chi connectivity index (χ2n) is 20.6. The smallest absolute Gasteiger partial charge is 0.333 e. The molecule has 0 bridgehead atoms. The first-order valence-electron chi connectivity index (χ1n) is 23.9. The summed E-state index contributed by atoms with van der Waals surface area (Å²) in [6.07, 6.45) is -13.6. The number of aliphatic hydroxyl groups excluding tert-OH is 5. The van der Waals surface area contributed by atoms with Crippen molar-refractivity contribution in [3.63, 3.8) is 0 Å². The zero-order valence-corrected chi connectivity index (χ0v) is 40.7. The van der Waals surface area contributed by atoms with Gasteiger partial charge in [0, 0.05) is 50.4 Å². The van der Waals surface area contributed by atoms with E-state index < -0.39 is 151 Å². The number of aliphatic hydroxyl groups is 7. The quantitative estimate of drug-likeness (QED) is 0.0757. The van der Waals surface area contributed by atoms with E-state index in [1.165, 1.54) is 28.1 Å². The Morgan fingerprint density at radius 3 is 2.07 bits per heavy atom. The van der Waals surface area contributed by atoms with Crippen LogP contribution >= 0.6 is 0 Å². The first-order valence-corrected chi connectivity index (χ1v) is 23.9. The number of carbonyl (C=O) groups is 3. The SMILES string of the molecule is C/C=C(\C)C(=O)O[C@@H]1[C@@H](OC(C)=O)[C@@H]2[C@@]3(C)CC[C@H](O[C@H]4C[C@@H](OC)[C@H](O[C@@H]5O[C@H](C)[C@@H](O[C@@H]6O[C@H](CO)[C@@H](O)[C@H](O)[C@H]6O)[C@@H](OC)[C@H]5O)[C@@H](C)O4)CC3=CC[C@@]2(O)[C@@]2(O)CC[C@H](C(C)=O)[C@@]12C. The number of methoxy groups -OCH3 is 2. The summed E-state index contributed by atoms with van der Waals surface area (Å²) in [5.74, 6) is -3.32. The van der Waals surface area contributed by atoms with Gasteiger partial charge in [-0.25, -0.2) is 4.79 Å². The highest BCUT2D eigenvalue weighted by molar-refractivity contribution is 5.88. The van der Waals surface area contributed by atoms with Crippen molar-refractivity contribution in [1.29, 1.82) is 0 Å². The van der Waals surface area contributed by atoms with Crippen molar-refractivity contribution >= 4 is 17.7 Å². The molecule has 20 heteroatoms. The van der Waals surface area contributed by atoms with E-state index in [0.29, 0.717) is 24.8 Å². The van der Waals surface area contributed by atoms with E-state index in [1.807, 2.05) is 13.0 Å². The van der Waals surface area contributed by atoms with Crippen LogP contribution in [0.2, 0.25) is 0 Å². The van der Waals surface area contributed by atoms with Gasteiger partial charge in [0.15, 0.2) is 18.9 Å². The van der Waals surface area contributed by atoms with E-state index in [4.69, 9.17) is 47.4 Å². The van der Waals surface area contributed by atoms with Crippen LogP contribution in [0.15, 0.2) is 23.3 Å². The maximum Gasteiger partial charge on any atom is 0.333 e. The number of fused-ring (bicyclic) bond motifs is 5. The number of ether oxygens (including phenoxy) is 10. The lowest BCUT2D eigenvalue weighted by atomic mass is 9.42. The highest BCUT2D eigenvalue weighted by Gasteiger charge is 2.80. The third-order valence-electron chi connectivity index (χ3n) is 16.9. The van der Waals surface area contributed by atoms with Crippen molar-refractivity contribution in [3.8, 4) is 0 Å². The van der Waals surface area contributed by atoms with Crippen molar-refractivity contribution in [2.24, 2.45) is 22.7 Å². The van der Waals surface area contributed by atoms with Crippen LogP contribution in [0.4, 0.5) is 0 Å². The minimum Gasteiger partial charge on any atom is -0.458 e. The largest absolute Gasteiger partial charge is 0.458 e. The molecule has 7 N–H and O–H groups in total. The van der Waals surface area contributed by atoms with E-state index in [9.17, 15) is 50.1 Å². The molecule has 0 radical (unpaired) electrons. The van der Waals surface area contributed by atoms with Crippen LogP contribution in [0, 0.1) is 22.7 Å². The number of esters is 2. The number of hydrogen-bond acceptors (Lipinski definition) is 20. The molecule has 23 atom stereocenters. The number of rotatable bonds is 13. The van der Waals surface area contributed by atoms with Gasteiger partial charge in [0.05, 0.1) is 31.0 Å². The number of hydrogen-bond donors (Lipinski definition) is 7. The fourth-order valence-corrected chi connectivity index (χ4v) is 13.1. The van der Waals surface area contributed by atoms with E-state index in [0.717, 1.165) is 5.57 Å². The molecule has 68 heavy (non-hydrogen) atoms. The normalized spacial score (nSPS) is 49.5. The van der Waals surface area contributed by atoms with Gasteiger partial charge in [-0.2, -0.15) is 0 Å². The van der Waals surface area contributed by atoms with Crippen LogP contribution in [0.3, 0.4) is 0 Å². The second kappa shape index (κ2) is 20.2. The summed E-state index contributed by atoms with van der Waals surface area (Å²) >= 11 is 0. The number of allylic oxidation sites excluding steroid dienone is 1. The van der Waals surface area contributed by atoms with Crippen molar-refractivity contribution in [2.45, 2.75) is 216 Å². The fourth-order valence-electron chi connectivity index (χ4n) is 13.1. The fraction of sp³-hybridized carbons (Fsp3) is 0.854. The van der Waals surface area contributed by atoms with Crippen LogP contribution in [0.5, 0.6) is 0 Å². The maximum absolute atomic E-state index is 13.6. The summed E-state index contributed by atoms with van der Waals surface area (Å²) in [7, 11) is 2.87. The average molecular weight is 971 g/mol. The minimum absolute atomic E-state index is 0.0155. The lowest BCUT2D eigenvalue weighted by Crippen LogP contribution is -2.80. The molecule has 3 heterocycles. The molecule has 0 unspecified atom stereocenters. The summed E-state index contributed by atoms with van der Waals surface area (Å²) in [5, 5.41) is 78.4. The summed E-state index contributed by atoms with van der Waals surface area (Å²) in [4.78, 5) is 39.9. The van der Waals surface area contributed by atoms with E-state index in [-0.39, 0.29) is 37.6 Å². The van der Waals surface area contributed by atoms with Gasteiger partial charge in [-0.1, -0.05) is 31.6 Å². The second-order valence-corrected chi connectivity index (χ2v) is 20.6. The zero-order valence-electron chi connectivity index (χ0n) is 40.7. The molecule has 0 aromatic heterocycles. The van der Waals surface area contributed by atoms with Gasteiger partial charge in [-0.05, 0) is 78.6 Å². The number of carbonyl (C=O) groups excluding carboxylic acids is 3. The van der Waals surface area contributed by atoms with Crippen LogP contribution < -0.4 is 0 Å². The molecule has 0 aromatic rings. The van der Waals surface area contributed by atoms with Crippen molar-refractivity contribution in [1.82, 2.24) is 0 Å². The van der Waals surface area contributed by atoms with E-state index >= 15 is 0 Å². The monoisotopic (exact) mass is 970 g/mol. The predicted molar refractivity (Wildman–Crippen MR) is 234 cm³/mol. The van der Waals surface area contributed by atoms with Gasteiger partial charge in [-0.3, -0.25) is 9.59 Å². The molecule has 7 rings (SSSR count). The molecular formula is C48H74O20. The number of Topliss-reactive ketones (excluding diaryl/α,β-unsaturated/α-hetero) is 1. The first-order chi connectivity index (χ1) is 32.0. The van der Waals surface area contributed by atoms with Gasteiger partial charge < -0.3 is 83.1 Å². The molecule has 0 aromatic carbocycles. The average Bonchev–Trinajstić information content (AvgIpc) is 3.58. The molecule has 0 spiro atoms. The standard InChI is InChI=1S/C48H74O20/c1-11-21(2)42(56)68-41-39(63-25(6)51)40-45(7)15-13-27(18-26(45)12-16-47(40,57)48(58)17-14-28(22(3)50)46(41,48)8)64-31-19-29(59-9)36(23(4)61-31)66-44-35(55)38(60-10)37(24(5)62-44)67-43-34(54)33(53)32(52)30(20-49)65-43/h11-12,23-24,27-41,43-44,49,52-55,57-58H,13-20H2,1-10H3/b21-11+/t23-,24-,27+,28-,29-,30-,31+,32-,33+,34-,35-,36-,37-,38+,39+,40-,41-,43+,44+,45+,46+,47+,48-/m1/s1. The Balaban J connectivity index is 1.06. The summed E-state index contributed by atoms with van der Waals surface area (Å²) in [6, 6.07) is 0. The van der Waals surface area contributed by atoms with Crippen LogP contribution in [-0.4, -0.2) is 190 Å². The third-order valence-corrected chi connectivity index (χ3v) is 16.9. The molecule has 6 fully saturated rings. The molecule has 0 amide bonds. The molecule has 3 saturated heterocycles. The zero-order chi connectivity index (χ0) is 50.0. The van der Waals surface area contributed by atoms with E-state index in [1.54, 1.807) is 40.7 Å². The van der Waals surface area contributed by atoms with Gasteiger partial charge in [-0.15, -0.1) is 0 Å². The topological polar surface area (TPSA) is 285 Å². The Kier molecular flexibility index (Phi) is 15.8. The summed E-state index contributed by atoms with van der Waals surface area (Å²) < 4.78 is 61.0. The molecule has 20 nitrogen and oxygen atoms in total. The molecule has 7 aliphatic rings.